The number of amides is 2. The molecule has 6 nitrogen and oxygen atoms in total. The van der Waals surface area contributed by atoms with Crippen LogP contribution in [-0.4, -0.2) is 39.3 Å². The fourth-order valence-corrected chi connectivity index (χ4v) is 6.45. The highest BCUT2D eigenvalue weighted by molar-refractivity contribution is 6.05. The third-order valence-electron chi connectivity index (χ3n) is 7.82. The lowest BCUT2D eigenvalue weighted by atomic mass is 9.63. The van der Waals surface area contributed by atoms with Crippen LogP contribution in [0.15, 0.2) is 36.4 Å². The van der Waals surface area contributed by atoms with E-state index in [9.17, 15) is 19.8 Å². The van der Waals surface area contributed by atoms with E-state index in [2.05, 4.69) is 6.92 Å². The Morgan fingerprint density at radius 3 is 2.50 bits per heavy atom. The molecular weight excluding hydrogens is 406 g/mol. The lowest BCUT2D eigenvalue weighted by Crippen LogP contribution is -2.53. The Bertz CT molecular complexity index is 1070. The summed E-state index contributed by atoms with van der Waals surface area (Å²) in [5.74, 6) is -2.97. The number of phenolic OH excluding ortho intramolecular Hbond substituents is 1. The number of aliphatic hydroxyl groups is 1. The highest BCUT2D eigenvalue weighted by atomic mass is 16.6. The Labute approximate surface area is 188 Å². The van der Waals surface area contributed by atoms with Crippen molar-refractivity contribution in [2.75, 3.05) is 6.54 Å². The number of likely N-dealkylation sites (tertiary alicyclic amines) is 1. The van der Waals surface area contributed by atoms with Crippen molar-refractivity contribution in [2.45, 2.75) is 57.8 Å². The molecule has 1 saturated carbocycles. The number of ether oxygens (including phenoxy) is 1. The second kappa shape index (κ2) is 7.85. The number of aromatic hydroxyl groups is 1. The summed E-state index contributed by atoms with van der Waals surface area (Å²) in [6.07, 6.45) is 2.90. The largest absolute Gasteiger partial charge is 0.507 e. The summed E-state index contributed by atoms with van der Waals surface area (Å²) in [6.45, 7) is 4.46. The Hall–Kier alpha value is -2.44. The van der Waals surface area contributed by atoms with Gasteiger partial charge in [-0.15, -0.1) is 0 Å². The number of fused-ring (bicyclic) bond motifs is 4. The number of carbonyl (C=O) groups excluding carboxylic acids is 2. The smallest absolute Gasteiger partial charge is 0.233 e. The number of hydrogen-bond donors (Lipinski definition) is 2. The minimum atomic E-state index is -1.43. The number of nitrogens with zero attached hydrogens (tertiary/aromatic N) is 1. The zero-order valence-electron chi connectivity index (χ0n) is 18.7. The number of hydrogen-bond acceptors (Lipinski definition) is 5. The van der Waals surface area contributed by atoms with Crippen LogP contribution in [-0.2, 0) is 14.3 Å². The molecule has 0 aromatic heterocycles. The van der Waals surface area contributed by atoms with E-state index in [1.807, 2.05) is 37.3 Å². The summed E-state index contributed by atoms with van der Waals surface area (Å²) in [6, 6.07) is 11.1. The van der Waals surface area contributed by atoms with Crippen molar-refractivity contribution < 1.29 is 24.5 Å². The van der Waals surface area contributed by atoms with E-state index in [0.717, 1.165) is 35.6 Å². The van der Waals surface area contributed by atoms with Crippen molar-refractivity contribution in [3.8, 4) is 5.75 Å². The number of benzene rings is 2. The van der Waals surface area contributed by atoms with E-state index in [1.165, 1.54) is 4.90 Å². The second-order valence-corrected chi connectivity index (χ2v) is 9.60. The van der Waals surface area contributed by atoms with Crippen molar-refractivity contribution in [3.05, 3.63) is 42.0 Å². The van der Waals surface area contributed by atoms with Gasteiger partial charge in [-0.2, -0.15) is 0 Å². The summed E-state index contributed by atoms with van der Waals surface area (Å²) in [5.41, 5.74) is 0.898. The van der Waals surface area contributed by atoms with Crippen LogP contribution in [0.3, 0.4) is 0 Å². The van der Waals surface area contributed by atoms with E-state index in [0.29, 0.717) is 19.4 Å². The maximum Gasteiger partial charge on any atom is 0.233 e. The Morgan fingerprint density at radius 2 is 1.78 bits per heavy atom. The monoisotopic (exact) mass is 437 g/mol. The normalized spacial score (nSPS) is 34.2. The molecule has 0 radical (unpaired) electrons. The average molecular weight is 438 g/mol. The van der Waals surface area contributed by atoms with Gasteiger partial charge in [-0.1, -0.05) is 50.6 Å². The molecule has 6 heteroatoms. The molecule has 3 aliphatic rings. The van der Waals surface area contributed by atoms with Gasteiger partial charge in [0.05, 0.1) is 17.9 Å². The first kappa shape index (κ1) is 21.4. The summed E-state index contributed by atoms with van der Waals surface area (Å²) in [4.78, 5) is 27.8. The fraction of sp³-hybridized carbons (Fsp3) is 0.538. The van der Waals surface area contributed by atoms with Gasteiger partial charge < -0.3 is 14.9 Å². The maximum absolute atomic E-state index is 13.3. The van der Waals surface area contributed by atoms with Crippen molar-refractivity contribution in [2.24, 2.45) is 23.7 Å². The van der Waals surface area contributed by atoms with Crippen molar-refractivity contribution >= 4 is 22.6 Å². The third kappa shape index (κ3) is 3.00. The summed E-state index contributed by atoms with van der Waals surface area (Å²) in [5, 5.41) is 23.8. The van der Waals surface area contributed by atoms with Gasteiger partial charge in [0, 0.05) is 23.8 Å². The minimum Gasteiger partial charge on any atom is -0.507 e. The first-order valence-corrected chi connectivity index (χ1v) is 11.9. The molecule has 2 amide bonds. The molecule has 2 aromatic rings. The highest BCUT2D eigenvalue weighted by Gasteiger charge is 2.66. The van der Waals surface area contributed by atoms with E-state index < -0.39 is 23.7 Å². The van der Waals surface area contributed by atoms with Crippen molar-refractivity contribution in [1.29, 1.82) is 0 Å². The number of carbonyl (C=O) groups is 2. The SMILES string of the molecule is CCC[C@H]1C[C@@H]2C(=O)N(CCC)C(=O)[C@@H]2[C@@H]2C[C@@H](c3ccc(O)c4ccccc34)O[C@]12O. The second-order valence-electron chi connectivity index (χ2n) is 9.60. The first-order valence-electron chi connectivity index (χ1n) is 11.9. The molecule has 2 saturated heterocycles. The van der Waals surface area contributed by atoms with Crippen LogP contribution in [0.25, 0.3) is 10.8 Å². The van der Waals surface area contributed by atoms with Gasteiger partial charge >= 0.3 is 0 Å². The zero-order chi connectivity index (χ0) is 22.6. The summed E-state index contributed by atoms with van der Waals surface area (Å²) >= 11 is 0. The molecule has 2 heterocycles. The molecule has 170 valence electrons. The molecule has 0 bridgehead atoms. The number of phenols is 1. The van der Waals surface area contributed by atoms with Gasteiger partial charge in [0.15, 0.2) is 5.79 Å². The highest BCUT2D eigenvalue weighted by Crippen LogP contribution is 2.59. The van der Waals surface area contributed by atoms with Gasteiger partial charge in [-0.3, -0.25) is 14.5 Å². The van der Waals surface area contributed by atoms with E-state index in [-0.39, 0.29) is 29.4 Å². The van der Waals surface area contributed by atoms with E-state index >= 15 is 0 Å². The van der Waals surface area contributed by atoms with Crippen LogP contribution in [0.4, 0.5) is 0 Å². The molecular formula is C26H31NO5. The standard InChI is InChI=1S/C26H31NO5/c1-3-7-15-13-19-23(25(30)27(12-4-2)24(19)29)20-14-22(32-26(15,20)31)18-10-11-21(28)17-9-6-5-8-16(17)18/h5-6,8-11,15,19-20,22-23,28,31H,3-4,7,12-14H2,1-2H3/t15-,19-,20-,22-,23-,26+/m0/s1. The Morgan fingerprint density at radius 1 is 1.03 bits per heavy atom. The average Bonchev–Trinajstić information content (AvgIpc) is 3.25. The Balaban J connectivity index is 1.56. The predicted molar refractivity (Wildman–Crippen MR) is 120 cm³/mol. The molecule has 0 spiro atoms. The van der Waals surface area contributed by atoms with Crippen LogP contribution in [0.5, 0.6) is 5.75 Å². The van der Waals surface area contributed by atoms with Crippen molar-refractivity contribution in [3.63, 3.8) is 0 Å². The van der Waals surface area contributed by atoms with Gasteiger partial charge in [0.2, 0.25) is 11.8 Å². The molecule has 3 fully saturated rings. The van der Waals surface area contributed by atoms with E-state index in [4.69, 9.17) is 4.74 Å². The molecule has 5 rings (SSSR count). The number of imide groups is 1. The summed E-state index contributed by atoms with van der Waals surface area (Å²) in [7, 11) is 0. The van der Waals surface area contributed by atoms with Crippen LogP contribution in [0.1, 0.15) is 57.6 Å². The molecule has 2 aromatic carbocycles. The van der Waals surface area contributed by atoms with Gasteiger partial charge in [-0.25, -0.2) is 0 Å². The topological polar surface area (TPSA) is 87.1 Å². The molecule has 2 aliphatic heterocycles. The lowest BCUT2D eigenvalue weighted by molar-refractivity contribution is -0.270. The van der Waals surface area contributed by atoms with Crippen LogP contribution in [0, 0.1) is 23.7 Å². The maximum atomic E-state index is 13.3. The predicted octanol–water partition coefficient (Wildman–Crippen LogP) is 4.14. The van der Waals surface area contributed by atoms with Gasteiger partial charge in [-0.05, 0) is 42.7 Å². The molecule has 0 unspecified atom stereocenters. The lowest BCUT2D eigenvalue weighted by Gasteiger charge is -2.44. The summed E-state index contributed by atoms with van der Waals surface area (Å²) < 4.78 is 6.43. The van der Waals surface area contributed by atoms with Crippen LogP contribution < -0.4 is 0 Å². The Kier molecular flexibility index (Phi) is 5.25. The fourth-order valence-electron chi connectivity index (χ4n) is 6.45. The van der Waals surface area contributed by atoms with Gasteiger partial charge in [0.1, 0.15) is 5.75 Å². The van der Waals surface area contributed by atoms with E-state index in [1.54, 1.807) is 6.07 Å². The van der Waals surface area contributed by atoms with Crippen LogP contribution in [0.2, 0.25) is 0 Å². The zero-order valence-corrected chi connectivity index (χ0v) is 18.7. The molecule has 32 heavy (non-hydrogen) atoms. The van der Waals surface area contributed by atoms with Gasteiger partial charge in [0.25, 0.3) is 0 Å². The first-order chi connectivity index (χ1) is 15.4. The third-order valence-corrected chi connectivity index (χ3v) is 7.82. The van der Waals surface area contributed by atoms with Crippen molar-refractivity contribution in [1.82, 2.24) is 4.90 Å². The molecule has 2 N–H and O–H groups in total. The minimum absolute atomic E-state index is 0.0801. The molecule has 1 aliphatic carbocycles. The van der Waals surface area contributed by atoms with Crippen LogP contribution >= 0.6 is 0 Å². The quantitative estimate of drug-likeness (QED) is 0.687. The molecule has 6 atom stereocenters. The number of rotatable bonds is 5.